The number of halogens is 2. The number of sulfonamides is 1. The molecular weight excluding hydrogens is 507 g/mol. The molecule has 0 aromatic heterocycles. The van der Waals surface area contributed by atoms with Crippen LogP contribution in [0.25, 0.3) is 0 Å². The second kappa shape index (κ2) is 10.0. The predicted octanol–water partition coefficient (Wildman–Crippen LogP) is 4.51. The van der Waals surface area contributed by atoms with E-state index in [0.717, 1.165) is 31.2 Å². The number of likely N-dealkylation sites (tertiary alicyclic amines) is 1. The van der Waals surface area contributed by atoms with Gasteiger partial charge in [0.15, 0.2) is 0 Å². The van der Waals surface area contributed by atoms with Crippen molar-refractivity contribution in [2.45, 2.75) is 49.7 Å². The van der Waals surface area contributed by atoms with Crippen LogP contribution >= 0.6 is 11.6 Å². The Labute approximate surface area is 215 Å². The lowest BCUT2D eigenvalue weighted by Gasteiger charge is -2.32. The van der Waals surface area contributed by atoms with Crippen LogP contribution in [-0.4, -0.2) is 50.1 Å². The summed E-state index contributed by atoms with van der Waals surface area (Å²) in [5, 5.41) is -0.0434. The Bertz CT molecular complexity index is 1290. The van der Waals surface area contributed by atoms with Crippen LogP contribution in [-0.2, 0) is 10.0 Å². The Hall–Kier alpha value is -2.65. The van der Waals surface area contributed by atoms with Crippen LogP contribution in [0.1, 0.15) is 70.7 Å². The second-order valence-corrected chi connectivity index (χ2v) is 12.3. The highest BCUT2D eigenvalue weighted by Gasteiger charge is 2.38. The molecule has 10 heteroatoms. The van der Waals surface area contributed by atoms with E-state index < -0.39 is 27.0 Å². The van der Waals surface area contributed by atoms with Gasteiger partial charge in [0.2, 0.25) is 10.0 Å². The van der Waals surface area contributed by atoms with Gasteiger partial charge < -0.3 is 9.64 Å². The van der Waals surface area contributed by atoms with Gasteiger partial charge in [0.1, 0.15) is 11.6 Å². The number of amides is 2. The Balaban J connectivity index is 1.20. The minimum Gasteiger partial charge on any atom is -0.493 e. The van der Waals surface area contributed by atoms with Crippen molar-refractivity contribution in [2.24, 2.45) is 5.92 Å². The van der Waals surface area contributed by atoms with Gasteiger partial charge in [-0.25, -0.2) is 17.5 Å². The van der Waals surface area contributed by atoms with E-state index in [9.17, 15) is 22.4 Å². The lowest BCUT2D eigenvalue weighted by Crippen LogP contribution is -2.39. The molecule has 2 aromatic carbocycles. The van der Waals surface area contributed by atoms with E-state index in [0.29, 0.717) is 48.9 Å². The molecule has 2 aliphatic carbocycles. The third kappa shape index (κ3) is 5.67. The maximum atomic E-state index is 14.9. The molecular formula is C26H28ClFN2O5S. The van der Waals surface area contributed by atoms with Crippen LogP contribution in [0.2, 0.25) is 5.02 Å². The standard InChI is InChI=1S/C26H28ClFN2O5S/c27-19-3-1-2-18(12-19)26(32)30-10-8-16(9-11-30)15-35-24-14-23(28)22(13-21(24)17-4-5-17)25(31)29-36(33,34)20-6-7-20/h1-3,12-14,16-17,20H,4-11,15H2,(H,29,31). The summed E-state index contributed by atoms with van der Waals surface area (Å²) in [6, 6.07) is 9.54. The Morgan fingerprint density at radius 2 is 1.78 bits per heavy atom. The number of carbonyl (C=O) groups excluding carboxylic acids is 2. The van der Waals surface area contributed by atoms with Gasteiger partial charge in [-0.3, -0.25) is 9.59 Å². The van der Waals surface area contributed by atoms with Gasteiger partial charge in [0, 0.05) is 29.7 Å². The Kier molecular flexibility index (Phi) is 6.96. The molecule has 2 saturated carbocycles. The van der Waals surface area contributed by atoms with Crippen LogP contribution in [0.4, 0.5) is 4.39 Å². The zero-order valence-corrected chi connectivity index (χ0v) is 21.3. The monoisotopic (exact) mass is 534 g/mol. The summed E-state index contributed by atoms with van der Waals surface area (Å²) in [6.45, 7) is 1.57. The molecule has 0 bridgehead atoms. The molecule has 3 aliphatic rings. The maximum Gasteiger partial charge on any atom is 0.267 e. The van der Waals surface area contributed by atoms with Gasteiger partial charge in [-0.15, -0.1) is 0 Å². The molecule has 1 aliphatic heterocycles. The minimum atomic E-state index is -3.77. The summed E-state index contributed by atoms with van der Waals surface area (Å²) in [4.78, 5) is 27.1. The van der Waals surface area contributed by atoms with E-state index in [1.807, 2.05) is 4.72 Å². The fourth-order valence-electron chi connectivity index (χ4n) is 4.54. The van der Waals surface area contributed by atoms with Crippen LogP contribution in [0.5, 0.6) is 5.75 Å². The first kappa shape index (κ1) is 25.0. The number of hydrogen-bond acceptors (Lipinski definition) is 5. The van der Waals surface area contributed by atoms with E-state index >= 15 is 0 Å². The smallest absolute Gasteiger partial charge is 0.267 e. The van der Waals surface area contributed by atoms with Crippen molar-refractivity contribution in [3.63, 3.8) is 0 Å². The van der Waals surface area contributed by atoms with E-state index in [-0.39, 0.29) is 23.3 Å². The highest BCUT2D eigenvalue weighted by atomic mass is 35.5. The highest BCUT2D eigenvalue weighted by Crippen LogP contribution is 2.45. The van der Waals surface area contributed by atoms with Gasteiger partial charge in [-0.2, -0.15) is 0 Å². The Morgan fingerprint density at radius 3 is 2.42 bits per heavy atom. The first-order valence-electron chi connectivity index (χ1n) is 12.3. The maximum absolute atomic E-state index is 14.9. The third-order valence-corrected chi connectivity index (χ3v) is 9.06. The molecule has 0 atom stereocenters. The first-order valence-corrected chi connectivity index (χ1v) is 14.2. The van der Waals surface area contributed by atoms with Gasteiger partial charge in [0.25, 0.3) is 11.8 Å². The largest absolute Gasteiger partial charge is 0.493 e. The van der Waals surface area contributed by atoms with E-state index in [1.165, 1.54) is 12.1 Å². The topological polar surface area (TPSA) is 92.8 Å². The van der Waals surface area contributed by atoms with Crippen LogP contribution < -0.4 is 9.46 Å². The van der Waals surface area contributed by atoms with Crippen LogP contribution in [0.15, 0.2) is 36.4 Å². The lowest BCUT2D eigenvalue weighted by molar-refractivity contribution is 0.0660. The van der Waals surface area contributed by atoms with E-state index in [2.05, 4.69) is 0 Å². The van der Waals surface area contributed by atoms with Crippen molar-refractivity contribution in [2.75, 3.05) is 19.7 Å². The van der Waals surface area contributed by atoms with Crippen LogP contribution in [0.3, 0.4) is 0 Å². The Morgan fingerprint density at radius 1 is 1.06 bits per heavy atom. The molecule has 192 valence electrons. The predicted molar refractivity (Wildman–Crippen MR) is 133 cm³/mol. The summed E-state index contributed by atoms with van der Waals surface area (Å²) in [5.41, 5.74) is 1.02. The summed E-state index contributed by atoms with van der Waals surface area (Å²) >= 11 is 6.01. The molecule has 36 heavy (non-hydrogen) atoms. The summed E-state index contributed by atoms with van der Waals surface area (Å²) in [6.07, 6.45) is 4.36. The molecule has 0 unspecified atom stereocenters. The molecule has 0 spiro atoms. The number of nitrogens with one attached hydrogen (secondary N) is 1. The highest BCUT2D eigenvalue weighted by molar-refractivity contribution is 7.91. The third-order valence-electron chi connectivity index (χ3n) is 7.01. The summed E-state index contributed by atoms with van der Waals surface area (Å²) < 4.78 is 47.1. The summed E-state index contributed by atoms with van der Waals surface area (Å²) in [5.74, 6) is -1.02. The molecule has 2 aromatic rings. The molecule has 5 rings (SSSR count). The number of benzene rings is 2. The average molecular weight is 535 g/mol. The molecule has 0 radical (unpaired) electrons. The van der Waals surface area contributed by atoms with Crippen molar-refractivity contribution in [3.8, 4) is 5.75 Å². The zero-order valence-electron chi connectivity index (χ0n) is 19.7. The van der Waals surface area contributed by atoms with Gasteiger partial charge in [-0.1, -0.05) is 17.7 Å². The molecule has 7 nitrogen and oxygen atoms in total. The summed E-state index contributed by atoms with van der Waals surface area (Å²) in [7, 11) is -3.77. The van der Waals surface area contributed by atoms with Crippen LogP contribution in [0, 0.1) is 11.7 Å². The molecule has 1 saturated heterocycles. The van der Waals surface area contributed by atoms with Crippen molar-refractivity contribution in [1.29, 1.82) is 0 Å². The average Bonchev–Trinajstić information content (AvgIpc) is 3.75. The lowest BCUT2D eigenvalue weighted by atomic mass is 9.97. The number of ether oxygens (including phenoxy) is 1. The van der Waals surface area contributed by atoms with Crippen molar-refractivity contribution in [3.05, 3.63) is 63.9 Å². The van der Waals surface area contributed by atoms with E-state index in [1.54, 1.807) is 29.2 Å². The van der Waals surface area contributed by atoms with Crippen molar-refractivity contribution >= 4 is 33.4 Å². The number of rotatable bonds is 8. The number of carbonyl (C=O) groups is 2. The minimum absolute atomic E-state index is 0.0486. The number of nitrogens with zero attached hydrogens (tertiary/aromatic N) is 1. The molecule has 1 heterocycles. The zero-order chi connectivity index (χ0) is 25.4. The number of hydrogen-bond donors (Lipinski definition) is 1. The fraction of sp³-hybridized carbons (Fsp3) is 0.462. The SMILES string of the molecule is O=C(NS(=O)(=O)C1CC1)c1cc(C2CC2)c(OCC2CCN(C(=O)c3cccc(Cl)c3)CC2)cc1F. The number of piperidine rings is 1. The fourth-order valence-corrected chi connectivity index (χ4v) is 6.03. The molecule has 1 N–H and O–H groups in total. The molecule has 3 fully saturated rings. The van der Waals surface area contributed by atoms with Crippen molar-refractivity contribution < 1.29 is 27.1 Å². The molecule has 2 amide bonds. The van der Waals surface area contributed by atoms with Gasteiger partial charge in [0.05, 0.1) is 17.4 Å². The second-order valence-electron chi connectivity index (χ2n) is 9.88. The quantitative estimate of drug-likeness (QED) is 0.538. The van der Waals surface area contributed by atoms with E-state index in [4.69, 9.17) is 16.3 Å². The van der Waals surface area contributed by atoms with Gasteiger partial charge in [-0.05, 0) is 80.2 Å². The first-order chi connectivity index (χ1) is 17.2. The van der Waals surface area contributed by atoms with Crippen molar-refractivity contribution in [1.82, 2.24) is 9.62 Å². The normalized spacial score (nSPS) is 18.7. The van der Waals surface area contributed by atoms with Gasteiger partial charge >= 0.3 is 0 Å².